The highest BCUT2D eigenvalue weighted by Crippen LogP contribution is 2.24. The Bertz CT molecular complexity index is 430. The van der Waals surface area contributed by atoms with Gasteiger partial charge < -0.3 is 0 Å². The fourth-order valence-corrected chi connectivity index (χ4v) is 2.16. The molecule has 102 valence electrons. The van der Waals surface area contributed by atoms with Gasteiger partial charge in [-0.25, -0.2) is 0 Å². The lowest BCUT2D eigenvalue weighted by Gasteiger charge is -2.17. The van der Waals surface area contributed by atoms with Crippen LogP contribution in [0.15, 0.2) is 0 Å². The minimum Gasteiger partial charge on any atom is -0.299 e. The predicted octanol–water partition coefficient (Wildman–Crippen LogP) is 3.57. The molecule has 18 heavy (non-hydrogen) atoms. The number of aromatic nitrogens is 2. The van der Waals surface area contributed by atoms with Crippen LogP contribution in [0.3, 0.4) is 0 Å². The lowest BCUT2D eigenvalue weighted by atomic mass is 9.89. The first-order chi connectivity index (χ1) is 8.24. The van der Waals surface area contributed by atoms with Gasteiger partial charge in [-0.2, -0.15) is 5.10 Å². The van der Waals surface area contributed by atoms with Gasteiger partial charge in [0.05, 0.1) is 16.4 Å². The molecule has 0 saturated carbocycles. The molecule has 0 N–H and O–H groups in total. The van der Waals surface area contributed by atoms with Crippen molar-refractivity contribution in [1.82, 2.24) is 9.78 Å². The van der Waals surface area contributed by atoms with E-state index < -0.39 is 0 Å². The monoisotopic (exact) mass is 270 g/mol. The number of ketones is 1. The van der Waals surface area contributed by atoms with E-state index in [1.807, 2.05) is 14.0 Å². The van der Waals surface area contributed by atoms with Crippen molar-refractivity contribution in [2.75, 3.05) is 0 Å². The second-order valence-electron chi connectivity index (χ2n) is 5.96. The first kappa shape index (κ1) is 15.2. The van der Waals surface area contributed by atoms with E-state index >= 15 is 0 Å². The van der Waals surface area contributed by atoms with Crippen LogP contribution in [0, 0.1) is 5.41 Å². The second kappa shape index (κ2) is 5.87. The highest BCUT2D eigenvalue weighted by molar-refractivity contribution is 6.32. The Kier molecular flexibility index (Phi) is 4.97. The van der Waals surface area contributed by atoms with Gasteiger partial charge in [-0.05, 0) is 18.3 Å². The number of aryl methyl sites for hydroxylation is 2. The Labute approximate surface area is 115 Å². The van der Waals surface area contributed by atoms with Gasteiger partial charge in [0.2, 0.25) is 0 Å². The molecule has 1 aromatic rings. The fourth-order valence-electron chi connectivity index (χ4n) is 1.80. The minimum atomic E-state index is 0.195. The van der Waals surface area contributed by atoms with E-state index in [2.05, 4.69) is 25.9 Å². The van der Waals surface area contributed by atoms with Crippen molar-refractivity contribution < 1.29 is 4.79 Å². The van der Waals surface area contributed by atoms with Crippen molar-refractivity contribution in [3.63, 3.8) is 0 Å². The number of Topliss-reactive ketones (excluding diaryl/α,β-unsaturated/α-hetero) is 1. The molecule has 1 aromatic heterocycles. The second-order valence-corrected chi connectivity index (χ2v) is 6.34. The number of hydrogen-bond acceptors (Lipinski definition) is 2. The summed E-state index contributed by atoms with van der Waals surface area (Å²) in [7, 11) is 1.84. The molecule has 0 aromatic carbocycles. The van der Waals surface area contributed by atoms with Gasteiger partial charge in [-0.3, -0.25) is 9.48 Å². The number of halogens is 1. The lowest BCUT2D eigenvalue weighted by Crippen LogP contribution is -2.12. The molecule has 0 radical (unpaired) electrons. The topological polar surface area (TPSA) is 34.9 Å². The summed E-state index contributed by atoms with van der Waals surface area (Å²) in [6.45, 7) is 8.45. The normalized spacial score (nSPS) is 11.9. The smallest absolute Gasteiger partial charge is 0.138 e. The summed E-state index contributed by atoms with van der Waals surface area (Å²) < 4.78 is 1.73. The van der Waals surface area contributed by atoms with Crippen LogP contribution in [-0.2, 0) is 24.7 Å². The molecule has 4 heteroatoms. The van der Waals surface area contributed by atoms with Gasteiger partial charge >= 0.3 is 0 Å². The van der Waals surface area contributed by atoms with Gasteiger partial charge in [0.1, 0.15) is 5.78 Å². The molecule has 0 spiro atoms. The maximum absolute atomic E-state index is 12.0. The van der Waals surface area contributed by atoms with Crippen molar-refractivity contribution in [1.29, 1.82) is 0 Å². The van der Waals surface area contributed by atoms with Crippen LogP contribution >= 0.6 is 11.6 Å². The van der Waals surface area contributed by atoms with E-state index in [1.165, 1.54) is 0 Å². The van der Waals surface area contributed by atoms with Crippen LogP contribution < -0.4 is 0 Å². The van der Waals surface area contributed by atoms with Crippen LogP contribution in [0.5, 0.6) is 0 Å². The fraction of sp³-hybridized carbons (Fsp3) is 0.714. The first-order valence-electron chi connectivity index (χ1n) is 6.46. The zero-order valence-corrected chi connectivity index (χ0v) is 12.8. The molecule has 3 nitrogen and oxygen atoms in total. The third-order valence-corrected chi connectivity index (χ3v) is 3.46. The Morgan fingerprint density at radius 1 is 1.39 bits per heavy atom. The molecule has 1 heterocycles. The summed E-state index contributed by atoms with van der Waals surface area (Å²) in [5.41, 5.74) is 1.91. The molecule has 0 aliphatic heterocycles. The quantitative estimate of drug-likeness (QED) is 0.820. The van der Waals surface area contributed by atoms with Crippen LogP contribution in [-0.4, -0.2) is 15.6 Å². The Balaban J connectivity index is 2.68. The van der Waals surface area contributed by atoms with E-state index in [-0.39, 0.29) is 11.2 Å². The molecule has 0 bridgehead atoms. The standard InChI is InChI=1S/C14H23ClN2O/c1-6-11-13(15)12(17(5)16-11)9-10(18)7-8-14(2,3)4/h6-9H2,1-5H3. The molecular formula is C14H23ClN2O. The van der Waals surface area contributed by atoms with Crippen LogP contribution in [0.25, 0.3) is 0 Å². The molecule has 0 aliphatic carbocycles. The maximum atomic E-state index is 12.0. The number of rotatable bonds is 5. The van der Waals surface area contributed by atoms with Crippen molar-refractivity contribution >= 4 is 17.4 Å². The number of carbonyl (C=O) groups excluding carboxylic acids is 1. The van der Waals surface area contributed by atoms with Gasteiger partial charge in [-0.15, -0.1) is 0 Å². The molecule has 1 rings (SSSR count). The first-order valence-corrected chi connectivity index (χ1v) is 6.84. The molecule has 0 fully saturated rings. The van der Waals surface area contributed by atoms with Crippen molar-refractivity contribution in [3.05, 3.63) is 16.4 Å². The van der Waals surface area contributed by atoms with Gasteiger partial charge in [0.15, 0.2) is 0 Å². The van der Waals surface area contributed by atoms with E-state index in [0.717, 1.165) is 24.2 Å². The Hall–Kier alpha value is -0.830. The third-order valence-electron chi connectivity index (χ3n) is 3.02. The summed E-state index contributed by atoms with van der Waals surface area (Å²) >= 11 is 6.23. The van der Waals surface area contributed by atoms with Gasteiger partial charge in [0.25, 0.3) is 0 Å². The summed E-state index contributed by atoms with van der Waals surface area (Å²) in [6.07, 6.45) is 2.69. The van der Waals surface area contributed by atoms with Crippen molar-refractivity contribution in [2.24, 2.45) is 12.5 Å². The van der Waals surface area contributed by atoms with Crippen LogP contribution in [0.1, 0.15) is 51.9 Å². The van der Waals surface area contributed by atoms with E-state index in [0.29, 0.717) is 17.9 Å². The summed E-state index contributed by atoms with van der Waals surface area (Å²) in [6, 6.07) is 0. The molecule has 0 saturated heterocycles. The number of nitrogens with zero attached hydrogens (tertiary/aromatic N) is 2. The molecular weight excluding hydrogens is 248 g/mol. The summed E-state index contributed by atoms with van der Waals surface area (Å²) in [4.78, 5) is 12.0. The predicted molar refractivity (Wildman–Crippen MR) is 75.0 cm³/mol. The Morgan fingerprint density at radius 3 is 2.44 bits per heavy atom. The molecule has 0 unspecified atom stereocenters. The number of hydrogen-bond donors (Lipinski definition) is 0. The molecule has 0 aliphatic rings. The van der Waals surface area contributed by atoms with Crippen molar-refractivity contribution in [2.45, 2.75) is 53.4 Å². The number of carbonyl (C=O) groups is 1. The van der Waals surface area contributed by atoms with E-state index in [9.17, 15) is 4.79 Å². The van der Waals surface area contributed by atoms with E-state index in [1.54, 1.807) is 4.68 Å². The zero-order valence-electron chi connectivity index (χ0n) is 12.0. The third kappa shape index (κ3) is 4.13. The molecule has 0 atom stereocenters. The molecule has 0 amide bonds. The lowest BCUT2D eigenvalue weighted by molar-refractivity contribution is -0.119. The largest absolute Gasteiger partial charge is 0.299 e. The highest BCUT2D eigenvalue weighted by Gasteiger charge is 2.18. The van der Waals surface area contributed by atoms with Crippen LogP contribution in [0.2, 0.25) is 5.02 Å². The Morgan fingerprint density at radius 2 is 2.00 bits per heavy atom. The van der Waals surface area contributed by atoms with Crippen LogP contribution in [0.4, 0.5) is 0 Å². The average Bonchev–Trinajstić information content (AvgIpc) is 2.53. The minimum absolute atomic E-state index is 0.195. The highest BCUT2D eigenvalue weighted by atomic mass is 35.5. The SMILES string of the molecule is CCc1nn(C)c(CC(=O)CCC(C)(C)C)c1Cl. The van der Waals surface area contributed by atoms with Crippen molar-refractivity contribution in [3.8, 4) is 0 Å². The maximum Gasteiger partial charge on any atom is 0.138 e. The van der Waals surface area contributed by atoms with Gasteiger partial charge in [-0.1, -0.05) is 39.3 Å². The summed E-state index contributed by atoms with van der Waals surface area (Å²) in [5, 5.41) is 4.98. The van der Waals surface area contributed by atoms with E-state index in [4.69, 9.17) is 11.6 Å². The average molecular weight is 271 g/mol. The van der Waals surface area contributed by atoms with Gasteiger partial charge in [0, 0.05) is 19.9 Å². The zero-order chi connectivity index (χ0) is 13.9. The summed E-state index contributed by atoms with van der Waals surface area (Å²) in [5.74, 6) is 0.234.